The van der Waals surface area contributed by atoms with Gasteiger partial charge in [-0.3, -0.25) is 4.79 Å². The predicted molar refractivity (Wildman–Crippen MR) is 118 cm³/mol. The van der Waals surface area contributed by atoms with E-state index in [-0.39, 0.29) is 10.8 Å². The molecule has 1 amide bonds. The summed E-state index contributed by atoms with van der Waals surface area (Å²) < 4.78 is 38.0. The second-order valence-electron chi connectivity index (χ2n) is 7.70. The van der Waals surface area contributed by atoms with E-state index >= 15 is 0 Å². The van der Waals surface area contributed by atoms with Gasteiger partial charge in [0, 0.05) is 37.0 Å². The Labute approximate surface area is 182 Å². The van der Waals surface area contributed by atoms with Crippen molar-refractivity contribution in [2.45, 2.75) is 37.1 Å². The fourth-order valence-electron chi connectivity index (χ4n) is 3.61. The molecule has 0 aliphatic carbocycles. The molecule has 0 aromatic heterocycles. The number of carbonyl (C=O) groups is 1. The maximum absolute atomic E-state index is 12.6. The number of benzene rings is 2. The predicted octanol–water partition coefficient (Wildman–Crippen LogP) is 3.07. The highest BCUT2D eigenvalue weighted by molar-refractivity contribution is 7.89. The molecule has 1 atom stereocenters. The van der Waals surface area contributed by atoms with Crippen molar-refractivity contribution in [3.05, 3.63) is 42.5 Å². The normalized spacial score (nSPS) is 17.6. The maximum atomic E-state index is 12.6. The number of hydrogen-bond acceptors (Lipinski definition) is 6. The fraction of sp³-hybridized carbons (Fsp3) is 0.409. The van der Waals surface area contributed by atoms with Crippen molar-refractivity contribution in [2.75, 3.05) is 36.9 Å². The molecule has 2 aliphatic rings. The minimum absolute atomic E-state index is 0.234. The molecule has 166 valence electrons. The lowest BCUT2D eigenvalue weighted by atomic mass is 10.2. The Morgan fingerprint density at radius 1 is 0.935 bits per heavy atom. The van der Waals surface area contributed by atoms with Crippen molar-refractivity contribution in [2.24, 2.45) is 0 Å². The molecule has 0 unspecified atom stereocenters. The quantitative estimate of drug-likeness (QED) is 0.709. The summed E-state index contributed by atoms with van der Waals surface area (Å²) in [5.74, 6) is 1.12. The Morgan fingerprint density at radius 3 is 2.29 bits per heavy atom. The summed E-state index contributed by atoms with van der Waals surface area (Å²) in [4.78, 5) is 12.8. The van der Waals surface area contributed by atoms with Gasteiger partial charge in [-0.2, -0.15) is 4.31 Å². The zero-order valence-corrected chi connectivity index (χ0v) is 18.3. The Bertz CT molecular complexity index is 1030. The third-order valence-corrected chi connectivity index (χ3v) is 7.26. The zero-order chi connectivity index (χ0) is 21.8. The van der Waals surface area contributed by atoms with E-state index in [1.807, 2.05) is 18.2 Å². The van der Waals surface area contributed by atoms with Crippen molar-refractivity contribution in [3.63, 3.8) is 0 Å². The molecule has 2 aromatic rings. The molecule has 0 radical (unpaired) electrons. The molecule has 8 nitrogen and oxygen atoms in total. The van der Waals surface area contributed by atoms with E-state index in [2.05, 4.69) is 10.6 Å². The molecule has 2 heterocycles. The standard InChI is InChI=1S/C22H27N3O5S/c1-16(23-18-7-10-20-21(15-18)30-14-4-13-29-20)22(26)24-17-5-8-19(9-6-17)31(27,28)25-11-2-3-12-25/h5-10,15-16,23H,2-4,11-14H2,1H3,(H,24,26)/t16-/m1/s1. The smallest absolute Gasteiger partial charge is 0.246 e. The summed E-state index contributed by atoms with van der Waals surface area (Å²) in [5, 5.41) is 5.97. The van der Waals surface area contributed by atoms with E-state index in [4.69, 9.17) is 9.47 Å². The van der Waals surface area contributed by atoms with Crippen LogP contribution in [0.25, 0.3) is 0 Å². The number of hydrogen-bond donors (Lipinski definition) is 2. The van der Waals surface area contributed by atoms with Crippen molar-refractivity contribution >= 4 is 27.3 Å². The number of nitrogens with one attached hydrogen (secondary N) is 2. The van der Waals surface area contributed by atoms with Gasteiger partial charge in [0.1, 0.15) is 6.04 Å². The summed E-state index contributed by atoms with van der Waals surface area (Å²) in [7, 11) is -3.47. The van der Waals surface area contributed by atoms with Gasteiger partial charge in [0.25, 0.3) is 0 Å². The van der Waals surface area contributed by atoms with E-state index in [1.54, 1.807) is 19.1 Å². The first-order chi connectivity index (χ1) is 14.9. The lowest BCUT2D eigenvalue weighted by Crippen LogP contribution is -2.32. The molecule has 1 saturated heterocycles. The van der Waals surface area contributed by atoms with Crippen LogP contribution in [-0.2, 0) is 14.8 Å². The average Bonchev–Trinajstić information content (AvgIpc) is 3.21. The lowest BCUT2D eigenvalue weighted by molar-refractivity contribution is -0.116. The monoisotopic (exact) mass is 445 g/mol. The van der Waals surface area contributed by atoms with Gasteiger partial charge in [0.2, 0.25) is 15.9 Å². The second kappa shape index (κ2) is 9.15. The molecule has 31 heavy (non-hydrogen) atoms. The number of ether oxygens (including phenoxy) is 2. The van der Waals surface area contributed by atoms with Crippen LogP contribution in [0.15, 0.2) is 47.4 Å². The van der Waals surface area contributed by atoms with Gasteiger partial charge >= 0.3 is 0 Å². The molecule has 2 aliphatic heterocycles. The minimum atomic E-state index is -3.47. The highest BCUT2D eigenvalue weighted by atomic mass is 32.2. The Kier molecular flexibility index (Phi) is 6.33. The largest absolute Gasteiger partial charge is 0.490 e. The number of carbonyl (C=O) groups excluding carboxylic acids is 1. The molecule has 4 rings (SSSR count). The van der Waals surface area contributed by atoms with Gasteiger partial charge in [-0.1, -0.05) is 0 Å². The number of fused-ring (bicyclic) bond motifs is 1. The summed E-state index contributed by atoms with van der Waals surface area (Å²) in [6.45, 7) is 4.09. The first-order valence-electron chi connectivity index (χ1n) is 10.5. The van der Waals surface area contributed by atoms with E-state index in [0.29, 0.717) is 43.5 Å². The SMILES string of the molecule is C[C@@H](Nc1ccc2c(c1)OCCCO2)C(=O)Nc1ccc(S(=O)(=O)N2CCCC2)cc1. The van der Waals surface area contributed by atoms with Crippen LogP contribution in [0.1, 0.15) is 26.2 Å². The molecule has 2 N–H and O–H groups in total. The topological polar surface area (TPSA) is 97.0 Å². The first kappa shape index (κ1) is 21.5. The van der Waals surface area contributed by atoms with Crippen molar-refractivity contribution in [1.29, 1.82) is 0 Å². The maximum Gasteiger partial charge on any atom is 0.246 e. The minimum Gasteiger partial charge on any atom is -0.490 e. The summed E-state index contributed by atoms with van der Waals surface area (Å²) in [5.41, 5.74) is 1.29. The van der Waals surface area contributed by atoms with Gasteiger partial charge in [-0.15, -0.1) is 0 Å². The van der Waals surface area contributed by atoms with Crippen LogP contribution in [0.2, 0.25) is 0 Å². The Hall–Kier alpha value is -2.78. The molecule has 2 aromatic carbocycles. The number of nitrogens with zero attached hydrogens (tertiary/aromatic N) is 1. The van der Waals surface area contributed by atoms with Crippen LogP contribution in [0.5, 0.6) is 11.5 Å². The summed E-state index contributed by atoms with van der Waals surface area (Å²) in [6, 6.07) is 11.3. The molecule has 0 bridgehead atoms. The highest BCUT2D eigenvalue weighted by Crippen LogP contribution is 2.32. The average molecular weight is 446 g/mol. The van der Waals surface area contributed by atoms with Crippen molar-refractivity contribution < 1.29 is 22.7 Å². The van der Waals surface area contributed by atoms with Gasteiger partial charge in [-0.05, 0) is 56.2 Å². The van der Waals surface area contributed by atoms with E-state index in [1.165, 1.54) is 16.4 Å². The number of amides is 1. The first-order valence-corrected chi connectivity index (χ1v) is 11.9. The Morgan fingerprint density at radius 2 is 1.58 bits per heavy atom. The highest BCUT2D eigenvalue weighted by Gasteiger charge is 2.27. The van der Waals surface area contributed by atoms with Gasteiger partial charge in [-0.25, -0.2) is 8.42 Å². The number of anilines is 2. The van der Waals surface area contributed by atoms with Crippen LogP contribution >= 0.6 is 0 Å². The summed E-state index contributed by atoms with van der Waals surface area (Å²) >= 11 is 0. The van der Waals surface area contributed by atoms with Crippen LogP contribution in [-0.4, -0.2) is 51.0 Å². The van der Waals surface area contributed by atoms with Gasteiger partial charge in [0.15, 0.2) is 11.5 Å². The molecular weight excluding hydrogens is 418 g/mol. The molecular formula is C22H27N3O5S. The molecule has 1 fully saturated rings. The number of sulfonamides is 1. The van der Waals surface area contributed by atoms with E-state index < -0.39 is 16.1 Å². The zero-order valence-electron chi connectivity index (χ0n) is 17.5. The molecule has 0 saturated carbocycles. The second-order valence-corrected chi connectivity index (χ2v) is 9.64. The lowest BCUT2D eigenvalue weighted by Gasteiger charge is -2.18. The van der Waals surface area contributed by atoms with E-state index in [9.17, 15) is 13.2 Å². The van der Waals surface area contributed by atoms with Crippen LogP contribution in [0, 0.1) is 0 Å². The van der Waals surface area contributed by atoms with Crippen LogP contribution in [0.3, 0.4) is 0 Å². The van der Waals surface area contributed by atoms with Crippen molar-refractivity contribution in [3.8, 4) is 11.5 Å². The van der Waals surface area contributed by atoms with Crippen LogP contribution in [0.4, 0.5) is 11.4 Å². The van der Waals surface area contributed by atoms with Crippen LogP contribution < -0.4 is 20.1 Å². The third-order valence-electron chi connectivity index (χ3n) is 5.35. The van der Waals surface area contributed by atoms with E-state index in [0.717, 1.165) is 24.9 Å². The Balaban J connectivity index is 1.37. The van der Waals surface area contributed by atoms with Gasteiger partial charge < -0.3 is 20.1 Å². The molecule has 9 heteroatoms. The molecule has 0 spiro atoms. The van der Waals surface area contributed by atoms with Crippen molar-refractivity contribution in [1.82, 2.24) is 4.31 Å². The summed E-state index contributed by atoms with van der Waals surface area (Å²) in [6.07, 6.45) is 2.61. The fourth-order valence-corrected chi connectivity index (χ4v) is 5.12. The van der Waals surface area contributed by atoms with Gasteiger partial charge in [0.05, 0.1) is 18.1 Å². The number of rotatable bonds is 6. The third kappa shape index (κ3) is 4.94.